The highest BCUT2D eigenvalue weighted by Crippen LogP contribution is 2.45. The van der Waals surface area contributed by atoms with Gasteiger partial charge < -0.3 is 0 Å². The Kier molecular flexibility index (Phi) is 6.20. The molecule has 42 heavy (non-hydrogen) atoms. The minimum Gasteiger partial charge on any atom is -0.114 e. The fourth-order valence-electron chi connectivity index (χ4n) is 6.44. The zero-order valence-electron chi connectivity index (χ0n) is 27.9. The Labute approximate surface area is 254 Å². The van der Waals surface area contributed by atoms with E-state index in [4.69, 9.17) is 0 Å². The van der Waals surface area contributed by atoms with Gasteiger partial charge in [-0.05, 0) is 69.0 Å². The van der Waals surface area contributed by atoms with E-state index in [-0.39, 0.29) is 21.7 Å². The van der Waals surface area contributed by atoms with Crippen LogP contribution in [0.15, 0.2) is 59.7 Å². The van der Waals surface area contributed by atoms with Crippen LogP contribution >= 0.6 is 0 Å². The predicted octanol–water partition coefficient (Wildman–Crippen LogP) is 11.8. The van der Waals surface area contributed by atoms with Crippen LogP contribution in [-0.2, 0) is 21.7 Å². The lowest BCUT2D eigenvalue weighted by atomic mass is 9.74. The highest BCUT2D eigenvalue weighted by Gasteiger charge is 2.28. The summed E-state index contributed by atoms with van der Waals surface area (Å²) in [5.74, 6) is 0. The quantitative estimate of drug-likeness (QED) is 0.206. The molecule has 0 aromatic heterocycles. The number of rotatable bonds is 1. The third kappa shape index (κ3) is 4.98. The Balaban J connectivity index is 1.58. The van der Waals surface area contributed by atoms with Crippen LogP contribution in [-0.4, -0.2) is 0 Å². The van der Waals surface area contributed by atoms with Crippen LogP contribution in [0.25, 0.3) is 33.7 Å². The van der Waals surface area contributed by atoms with Gasteiger partial charge in [0, 0.05) is 22.6 Å². The molecule has 0 heterocycles. The number of hydrogen-bond donors (Lipinski definition) is 0. The fourth-order valence-corrected chi connectivity index (χ4v) is 6.44. The molecule has 4 aromatic rings. The van der Waals surface area contributed by atoms with Crippen molar-refractivity contribution in [3.05, 3.63) is 117 Å². The van der Waals surface area contributed by atoms with E-state index in [1.807, 2.05) is 0 Å². The van der Waals surface area contributed by atoms with Crippen LogP contribution in [0.1, 0.15) is 128 Å². The van der Waals surface area contributed by atoms with Crippen molar-refractivity contribution in [1.29, 1.82) is 0 Å². The van der Waals surface area contributed by atoms with Crippen molar-refractivity contribution in [2.45, 2.75) is 105 Å². The van der Waals surface area contributed by atoms with Gasteiger partial charge >= 0.3 is 0 Å². The topological polar surface area (TPSA) is 0 Å². The first kappa shape index (κ1) is 28.7. The molecule has 0 nitrogen and oxygen atoms in total. The predicted molar refractivity (Wildman–Crippen MR) is 185 cm³/mol. The average Bonchev–Trinajstić information content (AvgIpc) is 2.85. The summed E-state index contributed by atoms with van der Waals surface area (Å²) in [7, 11) is 0. The van der Waals surface area contributed by atoms with Crippen molar-refractivity contribution in [2.24, 2.45) is 0 Å². The van der Waals surface area contributed by atoms with Gasteiger partial charge in [-0.15, -0.1) is 11.6 Å². The van der Waals surface area contributed by atoms with Crippen LogP contribution < -0.4 is 0 Å². The molecule has 0 radical (unpaired) electrons. The molecule has 0 fully saturated rings. The summed E-state index contributed by atoms with van der Waals surface area (Å²) in [4.78, 5) is 0. The molecule has 6 rings (SSSR count). The molecule has 0 spiro atoms. The largest absolute Gasteiger partial charge is 0.114 e. The van der Waals surface area contributed by atoms with E-state index in [0.717, 1.165) is 0 Å². The normalized spacial score (nSPS) is 15.3. The molecule has 0 heteroatoms. The SMILES string of the molecule is CC(C)(C)c1cc2c3c(cc(C(C)(C)C)cc3c1)[CH+]C(C1=Cc3cc(C(C)(C)C)cc4cc(C(C)(C)C)cc(c34)[CH-]1)=C2. The average molecular weight is 553 g/mol. The minimum atomic E-state index is 0.0787. The Bertz CT molecular complexity index is 1680. The summed E-state index contributed by atoms with van der Waals surface area (Å²) in [6, 6.07) is 19.4. The monoisotopic (exact) mass is 552 g/mol. The molecular weight excluding hydrogens is 504 g/mol. The maximum atomic E-state index is 2.44. The Morgan fingerprint density at radius 2 is 0.905 bits per heavy atom. The summed E-state index contributed by atoms with van der Waals surface area (Å²) >= 11 is 0. The van der Waals surface area contributed by atoms with E-state index in [1.54, 1.807) is 0 Å². The van der Waals surface area contributed by atoms with E-state index < -0.39 is 0 Å². The van der Waals surface area contributed by atoms with Gasteiger partial charge in [-0.1, -0.05) is 141 Å². The summed E-state index contributed by atoms with van der Waals surface area (Å²) in [6.45, 7) is 27.9. The van der Waals surface area contributed by atoms with Crippen molar-refractivity contribution in [1.82, 2.24) is 0 Å². The van der Waals surface area contributed by atoms with Gasteiger partial charge in [0.15, 0.2) is 0 Å². The van der Waals surface area contributed by atoms with E-state index in [9.17, 15) is 0 Å². The standard InChI is InChI=1S/C42H48/c1-39(2,3)33-17-27-13-25(14-28-18-34(40(4,5)6)22-31(21-33)37(27)28)26-15-29-19-35(41(7,8)9)23-32-24-36(42(10,11)12)20-30(16-26)38(29)32/h13-24H,1-12H3. The van der Waals surface area contributed by atoms with Crippen molar-refractivity contribution in [3.8, 4) is 0 Å². The van der Waals surface area contributed by atoms with Crippen molar-refractivity contribution >= 4 is 33.7 Å². The van der Waals surface area contributed by atoms with Gasteiger partial charge in [0.25, 0.3) is 0 Å². The maximum Gasteiger partial charge on any atom is 0.0746 e. The smallest absolute Gasteiger partial charge is 0.0746 e. The second kappa shape index (κ2) is 9.06. The summed E-state index contributed by atoms with van der Waals surface area (Å²) in [6.07, 6.45) is 9.75. The van der Waals surface area contributed by atoms with E-state index >= 15 is 0 Å². The van der Waals surface area contributed by atoms with Gasteiger partial charge in [0.1, 0.15) is 0 Å². The van der Waals surface area contributed by atoms with E-state index in [2.05, 4.69) is 157 Å². The lowest BCUT2D eigenvalue weighted by Gasteiger charge is -2.31. The van der Waals surface area contributed by atoms with Crippen molar-refractivity contribution in [3.63, 3.8) is 0 Å². The van der Waals surface area contributed by atoms with Crippen LogP contribution in [0.2, 0.25) is 0 Å². The van der Waals surface area contributed by atoms with E-state index in [0.29, 0.717) is 0 Å². The van der Waals surface area contributed by atoms with Gasteiger partial charge in [0.05, 0.1) is 10.9 Å². The molecule has 0 N–H and O–H groups in total. The highest BCUT2D eigenvalue weighted by atomic mass is 14.3. The van der Waals surface area contributed by atoms with Crippen LogP contribution in [0.3, 0.4) is 0 Å². The summed E-state index contributed by atoms with van der Waals surface area (Å²) < 4.78 is 0. The van der Waals surface area contributed by atoms with Gasteiger partial charge in [-0.3, -0.25) is 0 Å². The molecule has 0 atom stereocenters. The second-order valence-corrected chi connectivity index (χ2v) is 16.9. The molecule has 2 aliphatic rings. The second-order valence-electron chi connectivity index (χ2n) is 16.9. The first-order valence-corrected chi connectivity index (χ1v) is 15.7. The molecule has 0 saturated carbocycles. The summed E-state index contributed by atoms with van der Waals surface area (Å²) in [5, 5.41) is 5.47. The lowest BCUT2D eigenvalue weighted by molar-refractivity contribution is 0.588. The van der Waals surface area contributed by atoms with Crippen LogP contribution in [0.5, 0.6) is 0 Å². The van der Waals surface area contributed by atoms with Gasteiger partial charge in [0.2, 0.25) is 0 Å². The first-order chi connectivity index (χ1) is 19.3. The molecule has 0 bridgehead atoms. The van der Waals surface area contributed by atoms with Crippen molar-refractivity contribution < 1.29 is 0 Å². The molecule has 0 aliphatic heterocycles. The first-order valence-electron chi connectivity index (χ1n) is 15.7. The fraction of sp³-hybridized carbons (Fsp3) is 0.381. The maximum absolute atomic E-state index is 2.44. The Morgan fingerprint density at radius 3 is 1.40 bits per heavy atom. The number of benzene rings is 4. The lowest BCUT2D eigenvalue weighted by Crippen LogP contribution is -2.15. The molecule has 0 unspecified atom stereocenters. The van der Waals surface area contributed by atoms with Gasteiger partial charge in [-0.2, -0.15) is 0 Å². The zero-order valence-corrected chi connectivity index (χ0v) is 27.9. The zero-order chi connectivity index (χ0) is 30.6. The third-order valence-corrected chi connectivity index (χ3v) is 9.26. The number of allylic oxidation sites excluding steroid dienone is 2. The Hall–Kier alpha value is -3.38. The van der Waals surface area contributed by atoms with Gasteiger partial charge in [-0.25, -0.2) is 0 Å². The van der Waals surface area contributed by atoms with Crippen LogP contribution in [0, 0.1) is 12.8 Å². The molecular formula is C42H48. The Morgan fingerprint density at radius 1 is 0.476 bits per heavy atom. The molecule has 0 amide bonds. The third-order valence-electron chi connectivity index (χ3n) is 9.26. The number of hydrogen-bond acceptors (Lipinski definition) is 0. The molecule has 216 valence electrons. The minimum absolute atomic E-state index is 0.0787. The molecule has 4 aromatic carbocycles. The molecule has 2 aliphatic carbocycles. The summed E-state index contributed by atoms with van der Waals surface area (Å²) in [5.41, 5.74) is 13.8. The van der Waals surface area contributed by atoms with Crippen molar-refractivity contribution in [2.75, 3.05) is 0 Å². The highest BCUT2D eigenvalue weighted by molar-refractivity contribution is 6.03. The molecule has 0 saturated heterocycles. The van der Waals surface area contributed by atoms with Crippen LogP contribution in [0.4, 0.5) is 0 Å². The van der Waals surface area contributed by atoms with E-state index in [1.165, 1.54) is 77.2 Å².